The second kappa shape index (κ2) is 9.26. The fourth-order valence-electron chi connectivity index (χ4n) is 3.85. The van der Waals surface area contributed by atoms with Crippen LogP contribution in [0.15, 0.2) is 0 Å². The molecule has 0 aromatic heterocycles. The lowest BCUT2D eigenvalue weighted by molar-refractivity contribution is -0.150. The third kappa shape index (κ3) is 5.20. The molecule has 1 saturated heterocycles. The number of carbonyl (C=O) groups is 2. The third-order valence-corrected chi connectivity index (χ3v) is 5.24. The predicted molar refractivity (Wildman–Crippen MR) is 90.0 cm³/mol. The number of hydrogen-bond acceptors (Lipinski definition) is 4. The van der Waals surface area contributed by atoms with Crippen molar-refractivity contribution in [3.63, 3.8) is 0 Å². The Balaban J connectivity index is 1.77. The maximum absolute atomic E-state index is 12.4. The van der Waals surface area contributed by atoms with Gasteiger partial charge in [-0.3, -0.25) is 14.5 Å². The molecular formula is C18H32N2O3. The minimum Gasteiger partial charge on any atom is -0.465 e. The number of piperidine rings is 1. The molecule has 132 valence electrons. The van der Waals surface area contributed by atoms with Gasteiger partial charge in [0.15, 0.2) is 0 Å². The lowest BCUT2D eigenvalue weighted by Gasteiger charge is -2.36. The minimum absolute atomic E-state index is 0.105. The van der Waals surface area contributed by atoms with Gasteiger partial charge in [-0.05, 0) is 52.1 Å². The number of carbonyl (C=O) groups excluding carboxylic acids is 2. The molecule has 1 atom stereocenters. The second-order valence-corrected chi connectivity index (χ2v) is 6.83. The van der Waals surface area contributed by atoms with Crippen LogP contribution in [0.2, 0.25) is 0 Å². The van der Waals surface area contributed by atoms with Gasteiger partial charge in [0, 0.05) is 12.0 Å². The molecule has 0 bridgehead atoms. The molecule has 2 rings (SSSR count). The summed E-state index contributed by atoms with van der Waals surface area (Å²) < 4.78 is 5.16. The second-order valence-electron chi connectivity index (χ2n) is 6.83. The van der Waals surface area contributed by atoms with Gasteiger partial charge < -0.3 is 10.1 Å². The van der Waals surface area contributed by atoms with Crippen LogP contribution in [0.25, 0.3) is 0 Å². The Hall–Kier alpha value is -1.10. The molecule has 0 aromatic carbocycles. The summed E-state index contributed by atoms with van der Waals surface area (Å²) in [5.41, 5.74) is 0. The number of likely N-dealkylation sites (tertiary alicyclic amines) is 1. The maximum Gasteiger partial charge on any atom is 0.323 e. The molecular weight excluding hydrogens is 292 g/mol. The zero-order chi connectivity index (χ0) is 16.7. The predicted octanol–water partition coefficient (Wildman–Crippen LogP) is 2.49. The Morgan fingerprint density at radius 3 is 2.30 bits per heavy atom. The summed E-state index contributed by atoms with van der Waals surface area (Å²) in [6.45, 7) is 5.89. The van der Waals surface area contributed by atoms with Crippen molar-refractivity contribution in [2.75, 3.05) is 19.7 Å². The summed E-state index contributed by atoms with van der Waals surface area (Å²) in [6.07, 6.45) is 8.48. The summed E-state index contributed by atoms with van der Waals surface area (Å²) in [5, 5.41) is 3.24. The van der Waals surface area contributed by atoms with Gasteiger partial charge in [-0.25, -0.2) is 0 Å². The summed E-state index contributed by atoms with van der Waals surface area (Å²) in [6, 6.07) is 0.231. The van der Waals surface area contributed by atoms with Crippen molar-refractivity contribution in [2.45, 2.75) is 77.3 Å². The lowest BCUT2D eigenvalue weighted by Crippen LogP contribution is -2.49. The van der Waals surface area contributed by atoms with E-state index in [1.807, 2.05) is 13.8 Å². The van der Waals surface area contributed by atoms with E-state index in [1.165, 1.54) is 19.3 Å². The molecule has 0 radical (unpaired) electrons. The normalized spacial score (nSPS) is 22.5. The number of ether oxygens (including phenoxy) is 1. The molecule has 1 heterocycles. The Labute approximate surface area is 140 Å². The zero-order valence-corrected chi connectivity index (χ0v) is 14.7. The molecule has 2 aliphatic rings. The Kier molecular flexibility index (Phi) is 7.34. The molecule has 2 fully saturated rings. The summed E-state index contributed by atoms with van der Waals surface area (Å²) >= 11 is 0. The fraction of sp³-hybridized carbons (Fsp3) is 0.889. The number of nitrogens with one attached hydrogen (secondary N) is 1. The zero-order valence-electron chi connectivity index (χ0n) is 14.7. The number of esters is 1. The first-order valence-electron chi connectivity index (χ1n) is 9.36. The SMILES string of the molecule is CCOC(=O)C(CC)N1CCC(C(=O)NC2CCCCC2)CC1. The van der Waals surface area contributed by atoms with E-state index in [9.17, 15) is 9.59 Å². The van der Waals surface area contributed by atoms with E-state index >= 15 is 0 Å². The molecule has 5 heteroatoms. The Morgan fingerprint density at radius 1 is 1.09 bits per heavy atom. The van der Waals surface area contributed by atoms with Crippen LogP contribution in [0.4, 0.5) is 0 Å². The maximum atomic E-state index is 12.4. The third-order valence-electron chi connectivity index (χ3n) is 5.24. The van der Waals surface area contributed by atoms with Crippen LogP contribution in [-0.2, 0) is 14.3 Å². The van der Waals surface area contributed by atoms with Gasteiger partial charge in [0.25, 0.3) is 0 Å². The van der Waals surface area contributed by atoms with E-state index in [0.717, 1.165) is 45.2 Å². The van der Waals surface area contributed by atoms with Crippen molar-refractivity contribution in [3.05, 3.63) is 0 Å². The average Bonchev–Trinajstić information content (AvgIpc) is 2.57. The molecule has 1 aliphatic heterocycles. The van der Waals surface area contributed by atoms with E-state index in [4.69, 9.17) is 4.74 Å². The quantitative estimate of drug-likeness (QED) is 0.763. The van der Waals surface area contributed by atoms with Crippen molar-refractivity contribution in [1.82, 2.24) is 10.2 Å². The summed E-state index contributed by atoms with van der Waals surface area (Å²) in [4.78, 5) is 26.6. The highest BCUT2D eigenvalue weighted by molar-refractivity contribution is 5.79. The van der Waals surface area contributed by atoms with Crippen LogP contribution in [-0.4, -0.2) is 48.6 Å². The molecule has 0 aromatic rings. The van der Waals surface area contributed by atoms with Gasteiger partial charge in [-0.15, -0.1) is 0 Å². The van der Waals surface area contributed by atoms with Gasteiger partial charge in [-0.1, -0.05) is 26.2 Å². The molecule has 1 unspecified atom stereocenters. The van der Waals surface area contributed by atoms with E-state index < -0.39 is 0 Å². The first-order chi connectivity index (χ1) is 11.2. The van der Waals surface area contributed by atoms with Gasteiger partial charge in [0.05, 0.1) is 6.61 Å². The smallest absolute Gasteiger partial charge is 0.323 e. The van der Waals surface area contributed by atoms with Crippen molar-refractivity contribution in [1.29, 1.82) is 0 Å². The van der Waals surface area contributed by atoms with Crippen molar-refractivity contribution in [2.24, 2.45) is 5.92 Å². The van der Waals surface area contributed by atoms with Crippen LogP contribution < -0.4 is 5.32 Å². The molecule has 1 aliphatic carbocycles. The molecule has 0 spiro atoms. The van der Waals surface area contributed by atoms with Crippen molar-refractivity contribution < 1.29 is 14.3 Å². The highest BCUT2D eigenvalue weighted by atomic mass is 16.5. The number of hydrogen-bond donors (Lipinski definition) is 1. The van der Waals surface area contributed by atoms with Crippen LogP contribution in [0.5, 0.6) is 0 Å². The highest BCUT2D eigenvalue weighted by Crippen LogP contribution is 2.23. The lowest BCUT2D eigenvalue weighted by atomic mass is 9.92. The van der Waals surface area contributed by atoms with E-state index in [2.05, 4.69) is 10.2 Å². The largest absolute Gasteiger partial charge is 0.465 e. The number of amides is 1. The van der Waals surface area contributed by atoms with E-state index in [1.54, 1.807) is 0 Å². The van der Waals surface area contributed by atoms with Crippen molar-refractivity contribution in [3.8, 4) is 0 Å². The first-order valence-corrected chi connectivity index (χ1v) is 9.36. The molecule has 1 amide bonds. The topological polar surface area (TPSA) is 58.6 Å². The van der Waals surface area contributed by atoms with Crippen molar-refractivity contribution >= 4 is 11.9 Å². The molecule has 5 nitrogen and oxygen atoms in total. The minimum atomic E-state index is -0.155. The number of nitrogens with zero attached hydrogens (tertiary/aromatic N) is 1. The van der Waals surface area contributed by atoms with Crippen LogP contribution >= 0.6 is 0 Å². The Bertz CT molecular complexity index is 386. The van der Waals surface area contributed by atoms with Gasteiger partial charge >= 0.3 is 5.97 Å². The van der Waals surface area contributed by atoms with Crippen LogP contribution in [0.3, 0.4) is 0 Å². The standard InChI is InChI=1S/C18H32N2O3/c1-3-16(18(22)23-4-2)20-12-10-14(11-13-20)17(21)19-15-8-6-5-7-9-15/h14-16H,3-13H2,1-2H3,(H,19,21). The van der Waals surface area contributed by atoms with Gasteiger partial charge in [0.2, 0.25) is 5.91 Å². The molecule has 23 heavy (non-hydrogen) atoms. The molecule has 1 saturated carbocycles. The van der Waals surface area contributed by atoms with Gasteiger partial charge in [0.1, 0.15) is 6.04 Å². The molecule has 1 N–H and O–H groups in total. The van der Waals surface area contributed by atoms with E-state index in [-0.39, 0.29) is 23.8 Å². The van der Waals surface area contributed by atoms with E-state index in [0.29, 0.717) is 12.6 Å². The van der Waals surface area contributed by atoms with Gasteiger partial charge in [-0.2, -0.15) is 0 Å². The highest BCUT2D eigenvalue weighted by Gasteiger charge is 2.32. The first kappa shape index (κ1) is 18.2. The summed E-state index contributed by atoms with van der Waals surface area (Å²) in [7, 11) is 0. The summed E-state index contributed by atoms with van der Waals surface area (Å²) in [5.74, 6) is 0.203. The number of rotatable bonds is 6. The Morgan fingerprint density at radius 2 is 1.74 bits per heavy atom. The van der Waals surface area contributed by atoms with Crippen LogP contribution in [0.1, 0.15) is 65.2 Å². The van der Waals surface area contributed by atoms with Crippen LogP contribution in [0, 0.1) is 5.92 Å². The fourth-order valence-corrected chi connectivity index (χ4v) is 3.85. The average molecular weight is 324 g/mol. The monoisotopic (exact) mass is 324 g/mol.